The number of hydrogen-bond donors (Lipinski definition) is 1. The van der Waals surface area contributed by atoms with Gasteiger partial charge in [0.05, 0.1) is 13.2 Å². The highest BCUT2D eigenvalue weighted by molar-refractivity contribution is 5.99. The number of amides is 1. The van der Waals surface area contributed by atoms with Gasteiger partial charge in [0, 0.05) is 5.56 Å². The normalized spacial score (nSPS) is 11.9. The Balaban J connectivity index is 1.81. The zero-order chi connectivity index (χ0) is 16.2. The maximum Gasteiger partial charge on any atom is 0.251 e. The molecule has 1 N–H and O–H groups in total. The number of rotatable bonds is 4. The second-order valence-electron chi connectivity index (χ2n) is 5.53. The predicted molar refractivity (Wildman–Crippen MR) is 92.8 cm³/mol. The van der Waals surface area contributed by atoms with Crippen molar-refractivity contribution in [2.24, 2.45) is 0 Å². The van der Waals surface area contributed by atoms with E-state index in [0.29, 0.717) is 5.56 Å². The number of nitrogens with one attached hydrogen (secondary N) is 1. The van der Waals surface area contributed by atoms with Gasteiger partial charge in [-0.05, 0) is 47.5 Å². The van der Waals surface area contributed by atoms with E-state index in [2.05, 4.69) is 5.32 Å². The van der Waals surface area contributed by atoms with Crippen LogP contribution in [0.2, 0.25) is 0 Å². The number of hydrogen-bond acceptors (Lipinski definition) is 2. The third-order valence-corrected chi connectivity index (χ3v) is 3.96. The van der Waals surface area contributed by atoms with Crippen LogP contribution in [0.15, 0.2) is 66.7 Å². The lowest BCUT2D eigenvalue weighted by Crippen LogP contribution is -2.26. The number of methoxy groups -OCH3 is 1. The SMILES string of the molecule is COc1ccc2cc(C(=O)NC(C)c3ccccc3)ccc2c1. The molecule has 116 valence electrons. The van der Waals surface area contributed by atoms with E-state index in [0.717, 1.165) is 22.1 Å². The molecule has 3 rings (SSSR count). The monoisotopic (exact) mass is 305 g/mol. The second-order valence-corrected chi connectivity index (χ2v) is 5.53. The molecule has 0 aliphatic rings. The zero-order valence-electron chi connectivity index (χ0n) is 13.2. The summed E-state index contributed by atoms with van der Waals surface area (Å²) in [6, 6.07) is 21.4. The topological polar surface area (TPSA) is 38.3 Å². The molecule has 3 aromatic carbocycles. The molecule has 0 saturated carbocycles. The van der Waals surface area contributed by atoms with E-state index in [9.17, 15) is 4.79 Å². The number of fused-ring (bicyclic) bond motifs is 1. The van der Waals surface area contributed by atoms with E-state index in [1.54, 1.807) is 7.11 Å². The summed E-state index contributed by atoms with van der Waals surface area (Å²) in [5, 5.41) is 5.11. The Bertz CT molecular complexity index is 827. The Morgan fingerprint density at radius 1 is 0.957 bits per heavy atom. The average Bonchev–Trinajstić information content (AvgIpc) is 2.61. The summed E-state index contributed by atoms with van der Waals surface area (Å²) in [7, 11) is 1.65. The first-order valence-corrected chi connectivity index (χ1v) is 7.61. The molecule has 0 aliphatic carbocycles. The summed E-state index contributed by atoms with van der Waals surface area (Å²) in [6.07, 6.45) is 0. The minimum atomic E-state index is -0.0703. The Labute approximate surface area is 135 Å². The van der Waals surface area contributed by atoms with E-state index >= 15 is 0 Å². The van der Waals surface area contributed by atoms with Crippen molar-refractivity contribution in [3.05, 3.63) is 77.9 Å². The first-order chi connectivity index (χ1) is 11.2. The van der Waals surface area contributed by atoms with Gasteiger partial charge in [0.15, 0.2) is 0 Å². The highest BCUT2D eigenvalue weighted by atomic mass is 16.5. The number of ether oxygens (including phenoxy) is 1. The van der Waals surface area contributed by atoms with Crippen LogP contribution >= 0.6 is 0 Å². The summed E-state index contributed by atoms with van der Waals surface area (Å²) in [5.74, 6) is 0.742. The maximum atomic E-state index is 12.5. The van der Waals surface area contributed by atoms with Crippen LogP contribution in [-0.2, 0) is 0 Å². The molecule has 1 atom stereocenters. The summed E-state index contributed by atoms with van der Waals surface area (Å²) in [5.41, 5.74) is 1.75. The number of benzene rings is 3. The molecule has 1 unspecified atom stereocenters. The van der Waals surface area contributed by atoms with Crippen molar-refractivity contribution in [3.8, 4) is 5.75 Å². The van der Waals surface area contributed by atoms with Gasteiger partial charge in [-0.25, -0.2) is 0 Å². The van der Waals surface area contributed by atoms with Gasteiger partial charge >= 0.3 is 0 Å². The van der Waals surface area contributed by atoms with Gasteiger partial charge in [0.2, 0.25) is 0 Å². The number of carbonyl (C=O) groups is 1. The van der Waals surface area contributed by atoms with Crippen molar-refractivity contribution in [2.45, 2.75) is 13.0 Å². The van der Waals surface area contributed by atoms with E-state index in [1.165, 1.54) is 0 Å². The Hall–Kier alpha value is -2.81. The van der Waals surface area contributed by atoms with Crippen molar-refractivity contribution in [1.82, 2.24) is 5.32 Å². The van der Waals surface area contributed by atoms with Crippen LogP contribution in [0.4, 0.5) is 0 Å². The molecule has 0 spiro atoms. The lowest BCUT2D eigenvalue weighted by atomic mass is 10.0. The number of carbonyl (C=O) groups excluding carboxylic acids is 1. The largest absolute Gasteiger partial charge is 0.497 e. The van der Waals surface area contributed by atoms with E-state index in [1.807, 2.05) is 73.7 Å². The molecule has 23 heavy (non-hydrogen) atoms. The van der Waals surface area contributed by atoms with E-state index in [-0.39, 0.29) is 11.9 Å². The molecule has 0 saturated heterocycles. The Morgan fingerprint density at radius 2 is 1.65 bits per heavy atom. The van der Waals surface area contributed by atoms with Crippen LogP contribution in [0, 0.1) is 0 Å². The second kappa shape index (κ2) is 6.53. The molecule has 0 heterocycles. The van der Waals surface area contributed by atoms with Gasteiger partial charge < -0.3 is 10.1 Å². The summed E-state index contributed by atoms with van der Waals surface area (Å²) >= 11 is 0. The zero-order valence-corrected chi connectivity index (χ0v) is 13.2. The molecule has 0 bridgehead atoms. The van der Waals surface area contributed by atoms with Crippen molar-refractivity contribution in [2.75, 3.05) is 7.11 Å². The quantitative estimate of drug-likeness (QED) is 0.778. The third kappa shape index (κ3) is 3.34. The van der Waals surface area contributed by atoms with Crippen molar-refractivity contribution in [3.63, 3.8) is 0 Å². The van der Waals surface area contributed by atoms with Crippen molar-refractivity contribution in [1.29, 1.82) is 0 Å². The molecule has 1 amide bonds. The first-order valence-electron chi connectivity index (χ1n) is 7.61. The van der Waals surface area contributed by atoms with E-state index in [4.69, 9.17) is 4.74 Å². The van der Waals surface area contributed by atoms with Crippen LogP contribution in [0.3, 0.4) is 0 Å². The maximum absolute atomic E-state index is 12.5. The molecular formula is C20H19NO2. The standard InChI is InChI=1S/C20H19NO2/c1-14(15-6-4-3-5-7-15)21-20(22)18-9-8-17-13-19(23-2)11-10-16(17)12-18/h3-14H,1-2H3,(H,21,22). The lowest BCUT2D eigenvalue weighted by molar-refractivity contribution is 0.0940. The molecule has 0 aromatic heterocycles. The van der Waals surface area contributed by atoms with Crippen LogP contribution in [0.1, 0.15) is 28.9 Å². The molecule has 0 radical (unpaired) electrons. The van der Waals surface area contributed by atoms with Crippen LogP contribution in [-0.4, -0.2) is 13.0 Å². The average molecular weight is 305 g/mol. The molecule has 3 nitrogen and oxygen atoms in total. The fourth-order valence-electron chi connectivity index (χ4n) is 2.60. The first kappa shape index (κ1) is 15.1. The highest BCUT2D eigenvalue weighted by Crippen LogP contribution is 2.22. The van der Waals surface area contributed by atoms with Gasteiger partial charge in [-0.2, -0.15) is 0 Å². The Kier molecular flexibility index (Phi) is 4.29. The van der Waals surface area contributed by atoms with Crippen LogP contribution in [0.25, 0.3) is 10.8 Å². The summed E-state index contributed by atoms with van der Waals surface area (Å²) in [4.78, 5) is 12.5. The fraction of sp³-hybridized carbons (Fsp3) is 0.150. The summed E-state index contributed by atoms with van der Waals surface area (Å²) in [6.45, 7) is 1.99. The Morgan fingerprint density at radius 3 is 2.39 bits per heavy atom. The van der Waals surface area contributed by atoms with Crippen LogP contribution in [0.5, 0.6) is 5.75 Å². The van der Waals surface area contributed by atoms with Crippen molar-refractivity contribution >= 4 is 16.7 Å². The van der Waals surface area contributed by atoms with E-state index < -0.39 is 0 Å². The van der Waals surface area contributed by atoms with Gasteiger partial charge in [-0.3, -0.25) is 4.79 Å². The fourth-order valence-corrected chi connectivity index (χ4v) is 2.60. The van der Waals surface area contributed by atoms with Crippen LogP contribution < -0.4 is 10.1 Å². The minimum absolute atomic E-state index is 0.0322. The smallest absolute Gasteiger partial charge is 0.251 e. The van der Waals surface area contributed by atoms with Gasteiger partial charge in [-0.15, -0.1) is 0 Å². The van der Waals surface area contributed by atoms with Gasteiger partial charge in [-0.1, -0.05) is 42.5 Å². The molecule has 0 aliphatic heterocycles. The third-order valence-electron chi connectivity index (χ3n) is 3.96. The summed E-state index contributed by atoms with van der Waals surface area (Å²) < 4.78 is 5.22. The highest BCUT2D eigenvalue weighted by Gasteiger charge is 2.11. The molecular weight excluding hydrogens is 286 g/mol. The lowest BCUT2D eigenvalue weighted by Gasteiger charge is -2.14. The molecule has 0 fully saturated rings. The van der Waals surface area contributed by atoms with Gasteiger partial charge in [0.25, 0.3) is 5.91 Å². The minimum Gasteiger partial charge on any atom is -0.497 e. The molecule has 3 aromatic rings. The molecule has 3 heteroatoms. The predicted octanol–water partition coefficient (Wildman–Crippen LogP) is 4.34. The van der Waals surface area contributed by atoms with Crippen molar-refractivity contribution < 1.29 is 9.53 Å². The van der Waals surface area contributed by atoms with Gasteiger partial charge in [0.1, 0.15) is 5.75 Å².